The van der Waals surface area contributed by atoms with E-state index >= 15 is 0 Å². The zero-order valence-electron chi connectivity index (χ0n) is 18.0. The first-order valence-electron chi connectivity index (χ1n) is 10.9. The van der Waals surface area contributed by atoms with Crippen LogP contribution in [0.1, 0.15) is 113 Å². The Morgan fingerprint density at radius 3 is 1.29 bits per heavy atom. The third-order valence-corrected chi connectivity index (χ3v) is 4.65. The molecule has 0 amide bonds. The zero-order chi connectivity index (χ0) is 18.6. The van der Waals surface area contributed by atoms with Crippen LogP contribution < -0.4 is 0 Å². The van der Waals surface area contributed by atoms with Gasteiger partial charge in [-0.3, -0.25) is 0 Å². The van der Waals surface area contributed by atoms with E-state index in [-0.39, 0.29) is 6.29 Å². The average molecular weight is 345 g/mol. The van der Waals surface area contributed by atoms with Gasteiger partial charge < -0.3 is 9.47 Å². The molecule has 0 aromatic heterocycles. The molecule has 0 aromatic carbocycles. The molecule has 2 unspecified atom stereocenters. The molecule has 0 aliphatic carbocycles. The molecule has 0 N–H and O–H groups in total. The largest absolute Gasteiger partial charge is 0.352 e. The van der Waals surface area contributed by atoms with E-state index in [9.17, 15) is 0 Å². The van der Waals surface area contributed by atoms with E-state index in [0.29, 0.717) is 11.8 Å². The minimum absolute atomic E-state index is 0.0105. The van der Waals surface area contributed by atoms with Gasteiger partial charge in [-0.25, -0.2) is 0 Å². The van der Waals surface area contributed by atoms with Crippen molar-refractivity contribution in [1.82, 2.24) is 0 Å². The number of rotatable bonds is 16. The Morgan fingerprint density at radius 1 is 0.583 bits per heavy atom. The van der Waals surface area contributed by atoms with Crippen LogP contribution in [0.3, 0.4) is 0 Å². The van der Waals surface area contributed by atoms with Gasteiger partial charge in [-0.15, -0.1) is 0 Å². The van der Waals surface area contributed by atoms with Crippen molar-refractivity contribution in [2.75, 3.05) is 13.2 Å². The monoisotopic (exact) mass is 344 g/mol. The van der Waals surface area contributed by atoms with Gasteiger partial charge in [0.25, 0.3) is 0 Å². The molecular formula is C22H48O2. The molecule has 2 heteroatoms. The van der Waals surface area contributed by atoms with Crippen LogP contribution in [0.5, 0.6) is 0 Å². The van der Waals surface area contributed by atoms with Gasteiger partial charge in [-0.2, -0.15) is 0 Å². The van der Waals surface area contributed by atoms with E-state index in [4.69, 9.17) is 9.47 Å². The van der Waals surface area contributed by atoms with E-state index in [1.54, 1.807) is 0 Å². The Morgan fingerprint density at radius 2 is 1.00 bits per heavy atom. The van der Waals surface area contributed by atoms with Gasteiger partial charge in [0.05, 0.1) is 13.2 Å². The van der Waals surface area contributed by atoms with Gasteiger partial charge in [0.15, 0.2) is 6.29 Å². The molecule has 0 saturated carbocycles. The fourth-order valence-corrected chi connectivity index (χ4v) is 2.73. The SMILES string of the molecule is CC.CCCCC(CC)COC(CCC)OCC(CC)CCCC. The van der Waals surface area contributed by atoms with Crippen LogP contribution in [0.4, 0.5) is 0 Å². The second-order valence-electron chi connectivity index (χ2n) is 6.72. The first-order valence-corrected chi connectivity index (χ1v) is 10.9. The highest BCUT2D eigenvalue weighted by atomic mass is 16.7. The van der Waals surface area contributed by atoms with Crippen LogP contribution >= 0.6 is 0 Å². The molecule has 0 rings (SSSR count). The van der Waals surface area contributed by atoms with Gasteiger partial charge in [-0.1, -0.05) is 93.4 Å². The van der Waals surface area contributed by atoms with Gasteiger partial charge in [0, 0.05) is 0 Å². The van der Waals surface area contributed by atoms with Crippen LogP contribution in [-0.4, -0.2) is 19.5 Å². The summed E-state index contributed by atoms with van der Waals surface area (Å²) >= 11 is 0. The summed E-state index contributed by atoms with van der Waals surface area (Å²) < 4.78 is 12.2. The van der Waals surface area contributed by atoms with E-state index in [0.717, 1.165) is 26.1 Å². The number of unbranched alkanes of at least 4 members (excludes halogenated alkanes) is 2. The maximum absolute atomic E-state index is 6.11. The lowest BCUT2D eigenvalue weighted by molar-refractivity contribution is -0.161. The molecule has 0 aromatic rings. The summed E-state index contributed by atoms with van der Waals surface area (Å²) in [7, 11) is 0. The zero-order valence-corrected chi connectivity index (χ0v) is 18.0. The molecule has 0 spiro atoms. The topological polar surface area (TPSA) is 18.5 Å². The fourth-order valence-electron chi connectivity index (χ4n) is 2.73. The molecule has 2 atom stereocenters. The minimum Gasteiger partial charge on any atom is -0.352 e. The van der Waals surface area contributed by atoms with Crippen molar-refractivity contribution in [2.24, 2.45) is 11.8 Å². The summed E-state index contributed by atoms with van der Waals surface area (Å²) in [5.74, 6) is 1.40. The second kappa shape index (κ2) is 21.0. The van der Waals surface area contributed by atoms with Gasteiger partial charge in [0.2, 0.25) is 0 Å². The Bertz CT molecular complexity index is 198. The normalized spacial score (nSPS) is 14.6. The van der Waals surface area contributed by atoms with E-state index < -0.39 is 0 Å². The first-order chi connectivity index (χ1) is 11.7. The van der Waals surface area contributed by atoms with Crippen molar-refractivity contribution >= 4 is 0 Å². The first kappa shape index (κ1) is 26.2. The van der Waals surface area contributed by atoms with Crippen LogP contribution in [0, 0.1) is 11.8 Å². The van der Waals surface area contributed by atoms with Gasteiger partial charge in [0.1, 0.15) is 0 Å². The second-order valence-corrected chi connectivity index (χ2v) is 6.72. The predicted octanol–water partition coefficient (Wildman–Crippen LogP) is 7.60. The van der Waals surface area contributed by atoms with Crippen molar-refractivity contribution < 1.29 is 9.47 Å². The highest BCUT2D eigenvalue weighted by Gasteiger charge is 2.15. The summed E-state index contributed by atoms with van der Waals surface area (Å²) in [5.41, 5.74) is 0. The van der Waals surface area contributed by atoms with E-state index in [1.807, 2.05) is 13.8 Å². The molecule has 0 fully saturated rings. The van der Waals surface area contributed by atoms with Crippen molar-refractivity contribution in [1.29, 1.82) is 0 Å². The molecule has 148 valence electrons. The lowest BCUT2D eigenvalue weighted by atomic mass is 10.0. The van der Waals surface area contributed by atoms with Crippen molar-refractivity contribution in [3.8, 4) is 0 Å². The third kappa shape index (κ3) is 15.4. The third-order valence-electron chi connectivity index (χ3n) is 4.65. The van der Waals surface area contributed by atoms with Crippen molar-refractivity contribution in [3.63, 3.8) is 0 Å². The number of hydrogen-bond donors (Lipinski definition) is 0. The maximum atomic E-state index is 6.11. The molecule has 0 radical (unpaired) electrons. The number of ether oxygens (including phenoxy) is 2. The molecule has 0 saturated heterocycles. The van der Waals surface area contributed by atoms with Crippen LogP contribution in [0.2, 0.25) is 0 Å². The molecule has 24 heavy (non-hydrogen) atoms. The Labute approximate surface area is 154 Å². The van der Waals surface area contributed by atoms with Gasteiger partial charge >= 0.3 is 0 Å². The Hall–Kier alpha value is -0.0800. The lowest BCUT2D eigenvalue weighted by Gasteiger charge is -2.24. The number of hydrogen-bond acceptors (Lipinski definition) is 2. The molecule has 2 nitrogen and oxygen atoms in total. The van der Waals surface area contributed by atoms with E-state index in [2.05, 4.69) is 34.6 Å². The standard InChI is InChI=1S/C20H42O2.C2H6/c1-6-11-14-18(9-4)16-21-20(13-8-3)22-17-19(10-5)15-12-7-2;1-2/h18-20H,6-17H2,1-5H3;1-2H3. The Kier molecular flexibility index (Phi) is 22.8. The Balaban J connectivity index is 0. The predicted molar refractivity (Wildman–Crippen MR) is 109 cm³/mol. The molecule has 0 aliphatic heterocycles. The van der Waals surface area contributed by atoms with Crippen molar-refractivity contribution in [3.05, 3.63) is 0 Å². The van der Waals surface area contributed by atoms with Crippen molar-refractivity contribution in [2.45, 2.75) is 119 Å². The lowest BCUT2D eigenvalue weighted by Crippen LogP contribution is -2.24. The van der Waals surface area contributed by atoms with E-state index in [1.165, 1.54) is 51.4 Å². The van der Waals surface area contributed by atoms with Crippen LogP contribution in [0.15, 0.2) is 0 Å². The average Bonchev–Trinajstić information content (AvgIpc) is 2.63. The van der Waals surface area contributed by atoms with Crippen LogP contribution in [-0.2, 0) is 9.47 Å². The minimum atomic E-state index is 0.0105. The summed E-state index contributed by atoms with van der Waals surface area (Å²) in [4.78, 5) is 0. The highest BCUT2D eigenvalue weighted by molar-refractivity contribution is 4.59. The summed E-state index contributed by atoms with van der Waals surface area (Å²) in [6.45, 7) is 17.0. The maximum Gasteiger partial charge on any atom is 0.157 e. The summed E-state index contributed by atoms with van der Waals surface area (Å²) in [6.07, 6.45) is 12.4. The fraction of sp³-hybridized carbons (Fsp3) is 1.00. The van der Waals surface area contributed by atoms with Crippen LogP contribution in [0.25, 0.3) is 0 Å². The highest BCUT2D eigenvalue weighted by Crippen LogP contribution is 2.18. The summed E-state index contributed by atoms with van der Waals surface area (Å²) in [6, 6.07) is 0. The molecule has 0 heterocycles. The smallest absolute Gasteiger partial charge is 0.157 e. The molecule has 0 bridgehead atoms. The van der Waals surface area contributed by atoms with Gasteiger partial charge in [-0.05, 0) is 31.1 Å². The summed E-state index contributed by atoms with van der Waals surface area (Å²) in [5, 5.41) is 0. The quantitative estimate of drug-likeness (QED) is 0.268. The molecular weight excluding hydrogens is 296 g/mol. The molecule has 0 aliphatic rings.